The number of hydrogen-bond acceptors (Lipinski definition) is 3. The quantitative estimate of drug-likeness (QED) is 0.699. The van der Waals surface area contributed by atoms with Gasteiger partial charge in [-0.1, -0.05) is 0 Å². The SMILES string of the molecule is COc1ccc(NC(=O)c2ccc(NC(=O)CC(C3CC3)C3CC3)cc2)cc1. The summed E-state index contributed by atoms with van der Waals surface area (Å²) in [6.07, 6.45) is 5.76. The lowest BCUT2D eigenvalue weighted by atomic mass is 9.94. The average Bonchev–Trinajstić information content (AvgIpc) is 3.61. The zero-order chi connectivity index (χ0) is 19.5. The largest absolute Gasteiger partial charge is 0.497 e. The van der Waals surface area contributed by atoms with Crippen LogP contribution in [0.5, 0.6) is 5.75 Å². The van der Waals surface area contributed by atoms with Gasteiger partial charge in [-0.05, 0) is 92.0 Å². The van der Waals surface area contributed by atoms with Gasteiger partial charge in [0, 0.05) is 23.4 Å². The van der Waals surface area contributed by atoms with Gasteiger partial charge in [0.2, 0.25) is 5.91 Å². The van der Waals surface area contributed by atoms with Crippen LogP contribution in [0.2, 0.25) is 0 Å². The van der Waals surface area contributed by atoms with E-state index in [9.17, 15) is 9.59 Å². The van der Waals surface area contributed by atoms with Gasteiger partial charge in [0.25, 0.3) is 5.91 Å². The van der Waals surface area contributed by atoms with Crippen LogP contribution in [0.1, 0.15) is 42.5 Å². The van der Waals surface area contributed by atoms with Crippen LogP contribution in [0.3, 0.4) is 0 Å². The second-order valence-corrected chi connectivity index (χ2v) is 7.85. The van der Waals surface area contributed by atoms with Crippen LogP contribution in [-0.2, 0) is 4.79 Å². The molecule has 2 aromatic rings. The van der Waals surface area contributed by atoms with Crippen molar-refractivity contribution in [1.82, 2.24) is 0 Å². The maximum Gasteiger partial charge on any atom is 0.255 e. The van der Waals surface area contributed by atoms with E-state index < -0.39 is 0 Å². The van der Waals surface area contributed by atoms with Crippen LogP contribution in [0.4, 0.5) is 11.4 Å². The van der Waals surface area contributed by atoms with Crippen molar-refractivity contribution < 1.29 is 14.3 Å². The van der Waals surface area contributed by atoms with Crippen molar-refractivity contribution in [2.24, 2.45) is 17.8 Å². The highest BCUT2D eigenvalue weighted by molar-refractivity contribution is 6.04. The minimum Gasteiger partial charge on any atom is -0.497 e. The number of anilines is 2. The molecule has 0 unspecified atom stereocenters. The topological polar surface area (TPSA) is 67.4 Å². The predicted molar refractivity (Wildman–Crippen MR) is 110 cm³/mol. The Morgan fingerprint density at radius 3 is 1.96 bits per heavy atom. The van der Waals surface area contributed by atoms with E-state index in [-0.39, 0.29) is 11.8 Å². The highest BCUT2D eigenvalue weighted by atomic mass is 16.5. The average molecular weight is 378 g/mol. The lowest BCUT2D eigenvalue weighted by Crippen LogP contribution is -2.19. The molecule has 2 aromatic carbocycles. The van der Waals surface area contributed by atoms with Crippen molar-refractivity contribution in [2.75, 3.05) is 17.7 Å². The lowest BCUT2D eigenvalue weighted by Gasteiger charge is -2.15. The lowest BCUT2D eigenvalue weighted by molar-refractivity contribution is -0.117. The van der Waals surface area contributed by atoms with Gasteiger partial charge < -0.3 is 15.4 Å². The summed E-state index contributed by atoms with van der Waals surface area (Å²) in [4.78, 5) is 24.8. The van der Waals surface area contributed by atoms with Gasteiger partial charge in [-0.2, -0.15) is 0 Å². The second-order valence-electron chi connectivity index (χ2n) is 7.85. The number of methoxy groups -OCH3 is 1. The van der Waals surface area contributed by atoms with E-state index in [2.05, 4.69) is 10.6 Å². The van der Waals surface area contributed by atoms with Crippen molar-refractivity contribution in [3.8, 4) is 5.75 Å². The van der Waals surface area contributed by atoms with E-state index in [4.69, 9.17) is 4.74 Å². The highest BCUT2D eigenvalue weighted by Crippen LogP contribution is 2.50. The molecule has 2 amide bonds. The van der Waals surface area contributed by atoms with E-state index in [1.165, 1.54) is 25.7 Å². The van der Waals surface area contributed by atoms with Crippen molar-refractivity contribution >= 4 is 23.2 Å². The summed E-state index contributed by atoms with van der Waals surface area (Å²) in [6, 6.07) is 14.2. The first-order valence-electron chi connectivity index (χ1n) is 9.97. The second kappa shape index (κ2) is 8.05. The zero-order valence-electron chi connectivity index (χ0n) is 16.1. The highest BCUT2D eigenvalue weighted by Gasteiger charge is 2.42. The predicted octanol–water partition coefficient (Wildman–Crippen LogP) is 4.71. The van der Waals surface area contributed by atoms with Gasteiger partial charge >= 0.3 is 0 Å². The molecule has 0 atom stereocenters. The molecule has 0 saturated heterocycles. The van der Waals surface area contributed by atoms with Gasteiger partial charge in [-0.15, -0.1) is 0 Å². The Bertz CT molecular complexity index is 825. The first kappa shape index (κ1) is 18.5. The zero-order valence-corrected chi connectivity index (χ0v) is 16.1. The molecule has 2 N–H and O–H groups in total. The van der Waals surface area contributed by atoms with E-state index in [0.717, 1.165) is 23.3 Å². The fraction of sp³-hybridized carbons (Fsp3) is 0.391. The third-order valence-electron chi connectivity index (χ3n) is 5.65. The minimum atomic E-state index is -0.189. The Kier molecular flexibility index (Phi) is 5.33. The molecule has 0 bridgehead atoms. The van der Waals surface area contributed by atoms with Crippen LogP contribution < -0.4 is 15.4 Å². The summed E-state index contributed by atoms with van der Waals surface area (Å²) in [5.41, 5.74) is 1.98. The fourth-order valence-corrected chi connectivity index (χ4v) is 3.78. The summed E-state index contributed by atoms with van der Waals surface area (Å²) in [5.74, 6) is 2.73. The van der Waals surface area contributed by atoms with Crippen molar-refractivity contribution in [1.29, 1.82) is 0 Å². The van der Waals surface area contributed by atoms with Gasteiger partial charge in [-0.3, -0.25) is 9.59 Å². The van der Waals surface area contributed by atoms with Gasteiger partial charge in [0.15, 0.2) is 0 Å². The van der Waals surface area contributed by atoms with Gasteiger partial charge in [-0.25, -0.2) is 0 Å². The van der Waals surface area contributed by atoms with Crippen LogP contribution in [0, 0.1) is 17.8 Å². The molecule has 5 heteroatoms. The molecule has 0 spiro atoms. The molecule has 0 aliphatic heterocycles. The number of nitrogens with one attached hydrogen (secondary N) is 2. The van der Waals surface area contributed by atoms with E-state index >= 15 is 0 Å². The maximum atomic E-state index is 12.4. The van der Waals surface area contributed by atoms with E-state index in [1.54, 1.807) is 55.6 Å². The Labute approximate surface area is 165 Å². The molecule has 0 radical (unpaired) electrons. The summed E-state index contributed by atoms with van der Waals surface area (Å²) in [6.45, 7) is 0. The molecule has 2 aliphatic rings. The van der Waals surface area contributed by atoms with E-state index in [0.29, 0.717) is 23.6 Å². The molecule has 5 nitrogen and oxygen atoms in total. The van der Waals surface area contributed by atoms with Crippen molar-refractivity contribution in [3.63, 3.8) is 0 Å². The Balaban J connectivity index is 1.31. The monoisotopic (exact) mass is 378 g/mol. The standard InChI is InChI=1S/C23H26N2O3/c1-28-20-12-10-19(11-13-20)25-23(27)17-6-8-18(9-7-17)24-22(26)14-21(15-2-3-15)16-4-5-16/h6-13,15-16,21H,2-5,14H2,1H3,(H,24,26)(H,25,27). The molecule has 28 heavy (non-hydrogen) atoms. The van der Waals surface area contributed by atoms with Crippen molar-refractivity contribution in [3.05, 3.63) is 54.1 Å². The summed E-state index contributed by atoms with van der Waals surface area (Å²) in [5, 5.41) is 5.83. The number of amides is 2. The number of carbonyl (C=O) groups is 2. The number of benzene rings is 2. The first-order valence-corrected chi connectivity index (χ1v) is 9.97. The number of rotatable bonds is 8. The van der Waals surface area contributed by atoms with Crippen molar-refractivity contribution in [2.45, 2.75) is 32.1 Å². The number of ether oxygens (including phenoxy) is 1. The molecule has 0 aromatic heterocycles. The van der Waals surface area contributed by atoms with Gasteiger partial charge in [0.1, 0.15) is 5.75 Å². The Hall–Kier alpha value is -2.82. The third kappa shape index (κ3) is 4.71. The molecule has 0 heterocycles. The van der Waals surface area contributed by atoms with E-state index in [1.807, 2.05) is 0 Å². The molecule has 2 saturated carbocycles. The molecular weight excluding hydrogens is 352 g/mol. The fourth-order valence-electron chi connectivity index (χ4n) is 3.78. The Morgan fingerprint density at radius 1 is 0.893 bits per heavy atom. The molecule has 2 aliphatic carbocycles. The van der Waals surface area contributed by atoms with Crippen LogP contribution in [0.25, 0.3) is 0 Å². The van der Waals surface area contributed by atoms with Gasteiger partial charge in [0.05, 0.1) is 7.11 Å². The summed E-state index contributed by atoms with van der Waals surface area (Å²) >= 11 is 0. The number of carbonyl (C=O) groups excluding carboxylic acids is 2. The molecule has 2 fully saturated rings. The molecule has 146 valence electrons. The maximum absolute atomic E-state index is 12.4. The summed E-state index contributed by atoms with van der Waals surface area (Å²) in [7, 11) is 1.60. The van der Waals surface area contributed by atoms with Crippen LogP contribution >= 0.6 is 0 Å². The van der Waals surface area contributed by atoms with Crippen LogP contribution in [-0.4, -0.2) is 18.9 Å². The normalized spacial score (nSPS) is 15.9. The third-order valence-corrected chi connectivity index (χ3v) is 5.65. The first-order chi connectivity index (χ1) is 13.6. The molecular formula is C23H26N2O3. The number of hydrogen-bond donors (Lipinski definition) is 2. The molecule has 4 rings (SSSR count). The Morgan fingerprint density at radius 2 is 1.43 bits per heavy atom. The summed E-state index contributed by atoms with van der Waals surface area (Å²) < 4.78 is 5.11. The van der Waals surface area contributed by atoms with Crippen LogP contribution in [0.15, 0.2) is 48.5 Å². The minimum absolute atomic E-state index is 0.0826. The smallest absolute Gasteiger partial charge is 0.255 e.